The summed E-state index contributed by atoms with van der Waals surface area (Å²) in [5.74, 6) is -4.14. The molecular weight excluding hydrogens is 452 g/mol. The fourth-order valence-electron chi connectivity index (χ4n) is 2.79. The number of aliphatic carboxylic acids is 2. The van der Waals surface area contributed by atoms with Crippen LogP contribution in [0.2, 0.25) is 0 Å². The van der Waals surface area contributed by atoms with E-state index in [4.69, 9.17) is 10.8 Å². The molecule has 0 saturated heterocycles. The second kappa shape index (κ2) is 14.1. The third-order valence-electron chi connectivity index (χ3n) is 4.62. The van der Waals surface area contributed by atoms with Gasteiger partial charge in [-0.1, -0.05) is 30.3 Å². The minimum absolute atomic E-state index is 0.0685. The molecule has 0 aliphatic carbocycles. The van der Waals surface area contributed by atoms with E-state index in [1.807, 2.05) is 6.26 Å². The van der Waals surface area contributed by atoms with Gasteiger partial charge in [0.25, 0.3) is 0 Å². The number of carboxylic acids is 2. The predicted molar refractivity (Wildman–Crippen MR) is 122 cm³/mol. The summed E-state index contributed by atoms with van der Waals surface area (Å²) in [7, 11) is 0. The zero-order valence-electron chi connectivity index (χ0n) is 18.4. The Morgan fingerprint density at radius 1 is 0.939 bits per heavy atom. The van der Waals surface area contributed by atoms with E-state index in [0.717, 1.165) is 5.56 Å². The van der Waals surface area contributed by atoms with Crippen molar-refractivity contribution < 1.29 is 34.2 Å². The highest BCUT2D eigenvalue weighted by molar-refractivity contribution is 7.98. The molecule has 4 atom stereocenters. The summed E-state index contributed by atoms with van der Waals surface area (Å²) >= 11 is 1.44. The number of amides is 3. The molecular formula is C21H30N4O7S. The van der Waals surface area contributed by atoms with E-state index < -0.39 is 60.2 Å². The maximum atomic E-state index is 12.8. The van der Waals surface area contributed by atoms with Gasteiger partial charge in [0.15, 0.2) is 0 Å². The van der Waals surface area contributed by atoms with Crippen LogP contribution in [0.4, 0.5) is 0 Å². The zero-order valence-corrected chi connectivity index (χ0v) is 19.3. The molecule has 0 saturated carbocycles. The van der Waals surface area contributed by atoms with Crippen LogP contribution in [0.15, 0.2) is 30.3 Å². The molecule has 33 heavy (non-hydrogen) atoms. The standard InChI is InChI=1S/C21H30N4O7S/c1-12(23-19(29)14(22)11-17(26)27)18(28)24-15(8-9-33-2)20(30)25-16(21(31)32)10-13-6-4-3-5-7-13/h3-7,12,14-16H,8-11,22H2,1-2H3,(H,23,29)(H,24,28)(H,25,30)(H,26,27)(H,31,32). The number of carbonyl (C=O) groups excluding carboxylic acids is 3. The topological polar surface area (TPSA) is 188 Å². The summed E-state index contributed by atoms with van der Waals surface area (Å²) in [6.07, 6.45) is 1.52. The van der Waals surface area contributed by atoms with E-state index >= 15 is 0 Å². The number of carbonyl (C=O) groups is 5. The van der Waals surface area contributed by atoms with Crippen molar-refractivity contribution in [1.82, 2.24) is 16.0 Å². The van der Waals surface area contributed by atoms with Gasteiger partial charge in [-0.05, 0) is 30.9 Å². The summed E-state index contributed by atoms with van der Waals surface area (Å²) in [5, 5.41) is 25.5. The second-order valence-corrected chi connectivity index (χ2v) is 8.35. The van der Waals surface area contributed by atoms with Crippen LogP contribution in [-0.4, -0.2) is 76.0 Å². The van der Waals surface area contributed by atoms with E-state index in [9.17, 15) is 29.1 Å². The van der Waals surface area contributed by atoms with Crippen molar-refractivity contribution >= 4 is 41.4 Å². The third-order valence-corrected chi connectivity index (χ3v) is 5.27. The van der Waals surface area contributed by atoms with Gasteiger partial charge in [0, 0.05) is 6.42 Å². The van der Waals surface area contributed by atoms with Gasteiger partial charge in [-0.3, -0.25) is 19.2 Å². The Kier molecular flexibility index (Phi) is 11.9. The predicted octanol–water partition coefficient (Wildman–Crippen LogP) is -0.657. The summed E-state index contributed by atoms with van der Waals surface area (Å²) in [4.78, 5) is 59.6. The van der Waals surface area contributed by atoms with E-state index in [2.05, 4.69) is 16.0 Å². The lowest BCUT2D eigenvalue weighted by molar-refractivity contribution is -0.142. The van der Waals surface area contributed by atoms with Crippen molar-refractivity contribution in [3.63, 3.8) is 0 Å². The molecule has 7 N–H and O–H groups in total. The van der Waals surface area contributed by atoms with Crippen LogP contribution < -0.4 is 21.7 Å². The average molecular weight is 483 g/mol. The van der Waals surface area contributed by atoms with Gasteiger partial charge in [0.05, 0.1) is 12.5 Å². The van der Waals surface area contributed by atoms with E-state index in [-0.39, 0.29) is 12.8 Å². The van der Waals surface area contributed by atoms with Gasteiger partial charge in [-0.2, -0.15) is 11.8 Å². The number of nitrogens with two attached hydrogens (primary N) is 1. The molecule has 0 aliphatic rings. The van der Waals surface area contributed by atoms with Gasteiger partial charge >= 0.3 is 11.9 Å². The summed E-state index contributed by atoms with van der Waals surface area (Å²) in [6.45, 7) is 1.36. The SMILES string of the molecule is CSCCC(NC(=O)C(C)NC(=O)C(N)CC(=O)O)C(=O)NC(Cc1ccccc1)C(=O)O. The number of benzene rings is 1. The molecule has 0 radical (unpaired) electrons. The first-order chi connectivity index (χ1) is 15.5. The molecule has 0 bridgehead atoms. The van der Waals surface area contributed by atoms with Crippen LogP contribution in [0.3, 0.4) is 0 Å². The van der Waals surface area contributed by atoms with Crippen LogP contribution in [0.5, 0.6) is 0 Å². The third kappa shape index (κ3) is 10.4. The minimum Gasteiger partial charge on any atom is -0.481 e. The fraction of sp³-hybridized carbons (Fsp3) is 0.476. The number of hydrogen-bond donors (Lipinski definition) is 6. The van der Waals surface area contributed by atoms with Crippen molar-refractivity contribution in [1.29, 1.82) is 0 Å². The first-order valence-electron chi connectivity index (χ1n) is 10.2. The fourth-order valence-corrected chi connectivity index (χ4v) is 3.26. The molecule has 0 fully saturated rings. The Bertz CT molecular complexity index is 837. The number of hydrogen-bond acceptors (Lipinski definition) is 7. The van der Waals surface area contributed by atoms with Gasteiger partial charge in [0.2, 0.25) is 17.7 Å². The van der Waals surface area contributed by atoms with Crippen LogP contribution in [-0.2, 0) is 30.4 Å². The minimum atomic E-state index is -1.33. The lowest BCUT2D eigenvalue weighted by atomic mass is 10.1. The molecule has 182 valence electrons. The molecule has 0 spiro atoms. The van der Waals surface area contributed by atoms with Crippen molar-refractivity contribution in [3.8, 4) is 0 Å². The largest absolute Gasteiger partial charge is 0.481 e. The highest BCUT2D eigenvalue weighted by Crippen LogP contribution is 2.06. The molecule has 0 heterocycles. The van der Waals surface area contributed by atoms with Crippen molar-refractivity contribution in [2.75, 3.05) is 12.0 Å². The monoisotopic (exact) mass is 482 g/mol. The number of nitrogens with one attached hydrogen (secondary N) is 3. The number of carboxylic acid groups (broad SMARTS) is 2. The Morgan fingerprint density at radius 2 is 1.55 bits per heavy atom. The first-order valence-corrected chi connectivity index (χ1v) is 11.6. The van der Waals surface area contributed by atoms with Crippen LogP contribution in [0.25, 0.3) is 0 Å². The number of thioether (sulfide) groups is 1. The molecule has 11 nitrogen and oxygen atoms in total. The quantitative estimate of drug-likeness (QED) is 0.200. The molecule has 3 amide bonds. The van der Waals surface area contributed by atoms with E-state index in [1.54, 1.807) is 30.3 Å². The zero-order chi connectivity index (χ0) is 25.0. The lowest BCUT2D eigenvalue weighted by Gasteiger charge is -2.23. The number of rotatable bonds is 14. The van der Waals surface area contributed by atoms with Gasteiger partial charge in [0.1, 0.15) is 18.1 Å². The molecule has 1 aromatic carbocycles. The normalized spacial score (nSPS) is 14.3. The van der Waals surface area contributed by atoms with E-state index in [1.165, 1.54) is 18.7 Å². The summed E-state index contributed by atoms with van der Waals surface area (Å²) in [6, 6.07) is 4.15. The van der Waals surface area contributed by atoms with E-state index in [0.29, 0.717) is 5.75 Å². The molecule has 1 rings (SSSR count). The van der Waals surface area contributed by atoms with Gasteiger partial charge < -0.3 is 31.9 Å². The summed E-state index contributed by atoms with van der Waals surface area (Å²) < 4.78 is 0. The van der Waals surface area contributed by atoms with Crippen LogP contribution >= 0.6 is 11.8 Å². The maximum absolute atomic E-state index is 12.8. The highest BCUT2D eigenvalue weighted by Gasteiger charge is 2.29. The smallest absolute Gasteiger partial charge is 0.326 e. The average Bonchev–Trinajstić information content (AvgIpc) is 2.75. The van der Waals surface area contributed by atoms with Crippen molar-refractivity contribution in [2.24, 2.45) is 5.73 Å². The van der Waals surface area contributed by atoms with Crippen molar-refractivity contribution in [3.05, 3.63) is 35.9 Å². The van der Waals surface area contributed by atoms with Gasteiger partial charge in [-0.15, -0.1) is 0 Å². The first kappa shape index (κ1) is 27.9. The molecule has 0 aliphatic heterocycles. The van der Waals surface area contributed by atoms with Gasteiger partial charge in [-0.25, -0.2) is 4.79 Å². The lowest BCUT2D eigenvalue weighted by Crippen LogP contribution is -2.56. The Labute approximate surface area is 195 Å². The maximum Gasteiger partial charge on any atom is 0.326 e. The Balaban J connectivity index is 2.80. The second-order valence-electron chi connectivity index (χ2n) is 7.37. The van der Waals surface area contributed by atoms with Crippen LogP contribution in [0.1, 0.15) is 25.3 Å². The highest BCUT2D eigenvalue weighted by atomic mass is 32.2. The van der Waals surface area contributed by atoms with Crippen molar-refractivity contribution in [2.45, 2.75) is 50.4 Å². The Hall–Kier alpha value is -3.12. The molecule has 12 heteroatoms. The van der Waals surface area contributed by atoms with Crippen LogP contribution in [0, 0.1) is 0 Å². The molecule has 4 unspecified atom stereocenters. The molecule has 1 aromatic rings. The molecule has 0 aromatic heterocycles. The Morgan fingerprint density at radius 3 is 2.09 bits per heavy atom. The summed E-state index contributed by atoms with van der Waals surface area (Å²) in [5.41, 5.74) is 6.21.